The molecule has 0 aromatic rings. The van der Waals surface area contributed by atoms with E-state index in [-0.39, 0.29) is 6.42 Å². The highest BCUT2D eigenvalue weighted by atomic mass is 31.2. The van der Waals surface area contributed by atoms with Crippen molar-refractivity contribution in [3.8, 4) is 0 Å². The summed E-state index contributed by atoms with van der Waals surface area (Å²) < 4.78 is 10.8. The summed E-state index contributed by atoms with van der Waals surface area (Å²) in [6.45, 7) is 1.99. The van der Waals surface area contributed by atoms with E-state index in [2.05, 4.69) is 0 Å². The standard InChI is InChI=1S/C7H18NO4P/c1-2-3-4-5-6(7(8)9)13(10,11)12/h6-7,9H,2-5,8H2,1H3,(H2,10,11,12). The van der Waals surface area contributed by atoms with Gasteiger partial charge in [0.25, 0.3) is 0 Å². The molecule has 0 spiro atoms. The monoisotopic (exact) mass is 211 g/mol. The lowest BCUT2D eigenvalue weighted by molar-refractivity contribution is 0.158. The Bertz CT molecular complexity index is 179. The van der Waals surface area contributed by atoms with Gasteiger partial charge < -0.3 is 20.6 Å². The van der Waals surface area contributed by atoms with E-state index < -0.39 is 19.5 Å². The second kappa shape index (κ2) is 5.73. The molecule has 0 aliphatic rings. The minimum Gasteiger partial charge on any atom is -0.378 e. The molecule has 0 amide bonds. The summed E-state index contributed by atoms with van der Waals surface area (Å²) in [6, 6.07) is 0. The number of hydrogen-bond donors (Lipinski definition) is 4. The maximum Gasteiger partial charge on any atom is 0.332 e. The third kappa shape index (κ3) is 5.39. The third-order valence-corrected chi connectivity index (χ3v) is 3.36. The second-order valence-corrected chi connectivity index (χ2v) is 4.98. The molecule has 0 heterocycles. The fourth-order valence-electron chi connectivity index (χ4n) is 1.14. The maximum atomic E-state index is 10.8. The predicted octanol–water partition coefficient (Wildman–Crippen LogP) is 0.390. The molecule has 0 rings (SSSR count). The number of nitrogens with two attached hydrogens (primary N) is 1. The summed E-state index contributed by atoms with van der Waals surface area (Å²) in [5.41, 5.74) is 3.96. The normalized spacial score (nSPS) is 17.0. The van der Waals surface area contributed by atoms with E-state index in [0.717, 1.165) is 12.8 Å². The van der Waals surface area contributed by atoms with Gasteiger partial charge in [-0.05, 0) is 6.42 Å². The Morgan fingerprint density at radius 1 is 1.38 bits per heavy atom. The van der Waals surface area contributed by atoms with E-state index in [0.29, 0.717) is 6.42 Å². The molecule has 2 atom stereocenters. The molecule has 0 bridgehead atoms. The van der Waals surface area contributed by atoms with Gasteiger partial charge in [-0.3, -0.25) is 4.57 Å². The fourth-order valence-corrected chi connectivity index (χ4v) is 2.06. The van der Waals surface area contributed by atoms with Crippen LogP contribution in [0.5, 0.6) is 0 Å². The molecule has 6 heteroatoms. The molecule has 0 saturated heterocycles. The summed E-state index contributed by atoms with van der Waals surface area (Å²) >= 11 is 0. The van der Waals surface area contributed by atoms with Gasteiger partial charge in [-0.25, -0.2) is 0 Å². The molecule has 0 aliphatic heterocycles. The van der Waals surface area contributed by atoms with E-state index in [4.69, 9.17) is 20.6 Å². The Morgan fingerprint density at radius 3 is 2.23 bits per heavy atom. The zero-order chi connectivity index (χ0) is 10.5. The number of rotatable bonds is 6. The van der Waals surface area contributed by atoms with E-state index in [1.165, 1.54) is 0 Å². The molecule has 0 saturated carbocycles. The van der Waals surface area contributed by atoms with Gasteiger partial charge in [0.1, 0.15) is 11.9 Å². The molecule has 0 aromatic carbocycles. The van der Waals surface area contributed by atoms with Gasteiger partial charge >= 0.3 is 7.60 Å². The van der Waals surface area contributed by atoms with Gasteiger partial charge in [-0.15, -0.1) is 0 Å². The molecule has 0 fully saturated rings. The van der Waals surface area contributed by atoms with Crippen LogP contribution in [0.25, 0.3) is 0 Å². The van der Waals surface area contributed by atoms with Crippen molar-refractivity contribution in [3.63, 3.8) is 0 Å². The first-order chi connectivity index (χ1) is 5.89. The van der Waals surface area contributed by atoms with Crippen molar-refractivity contribution in [2.24, 2.45) is 5.73 Å². The molecule has 80 valence electrons. The molecule has 0 aromatic heterocycles. The van der Waals surface area contributed by atoms with Crippen LogP contribution >= 0.6 is 7.60 Å². The van der Waals surface area contributed by atoms with Crippen molar-refractivity contribution in [1.82, 2.24) is 0 Å². The smallest absolute Gasteiger partial charge is 0.332 e. The lowest BCUT2D eigenvalue weighted by atomic mass is 10.1. The van der Waals surface area contributed by atoms with E-state index in [9.17, 15) is 4.57 Å². The SMILES string of the molecule is CCCCCC(C(N)O)P(=O)(O)O. The maximum absolute atomic E-state index is 10.8. The Balaban J connectivity index is 4.05. The second-order valence-electron chi connectivity index (χ2n) is 3.14. The van der Waals surface area contributed by atoms with Crippen molar-refractivity contribution in [2.75, 3.05) is 0 Å². The van der Waals surface area contributed by atoms with Crippen LogP contribution in [0.1, 0.15) is 32.6 Å². The molecule has 2 unspecified atom stereocenters. The summed E-state index contributed by atoms with van der Waals surface area (Å²) in [4.78, 5) is 17.6. The highest BCUT2D eigenvalue weighted by Gasteiger charge is 2.32. The topological polar surface area (TPSA) is 104 Å². The fraction of sp³-hybridized carbons (Fsp3) is 1.00. The molecular weight excluding hydrogens is 193 g/mol. The number of aliphatic hydroxyl groups is 1. The number of aliphatic hydroxyl groups excluding tert-OH is 1. The molecule has 0 radical (unpaired) electrons. The van der Waals surface area contributed by atoms with E-state index >= 15 is 0 Å². The van der Waals surface area contributed by atoms with Gasteiger partial charge in [-0.2, -0.15) is 0 Å². The van der Waals surface area contributed by atoms with Gasteiger partial charge in [0.05, 0.1) is 0 Å². The van der Waals surface area contributed by atoms with Crippen LogP contribution < -0.4 is 5.73 Å². The largest absolute Gasteiger partial charge is 0.378 e. The van der Waals surface area contributed by atoms with Gasteiger partial charge in [0.2, 0.25) is 0 Å². The number of hydrogen-bond acceptors (Lipinski definition) is 3. The Morgan fingerprint density at radius 2 is 1.92 bits per heavy atom. The molecule has 13 heavy (non-hydrogen) atoms. The Labute approximate surface area is 78.1 Å². The quantitative estimate of drug-likeness (QED) is 0.289. The zero-order valence-corrected chi connectivity index (χ0v) is 8.65. The summed E-state index contributed by atoms with van der Waals surface area (Å²) in [5, 5.41) is 8.93. The summed E-state index contributed by atoms with van der Waals surface area (Å²) in [5.74, 6) is 0. The van der Waals surface area contributed by atoms with Crippen molar-refractivity contribution < 1.29 is 19.5 Å². The van der Waals surface area contributed by atoms with Crippen molar-refractivity contribution >= 4 is 7.60 Å². The van der Waals surface area contributed by atoms with Crippen LogP contribution in [0.3, 0.4) is 0 Å². The minimum absolute atomic E-state index is 0.274. The molecular formula is C7H18NO4P. The van der Waals surface area contributed by atoms with E-state index in [1.807, 2.05) is 6.92 Å². The Kier molecular flexibility index (Phi) is 5.76. The Hall–Kier alpha value is 0.0700. The first kappa shape index (κ1) is 13.1. The van der Waals surface area contributed by atoms with Crippen molar-refractivity contribution in [3.05, 3.63) is 0 Å². The third-order valence-electron chi connectivity index (χ3n) is 1.93. The first-order valence-corrected chi connectivity index (χ1v) is 6.06. The van der Waals surface area contributed by atoms with Crippen LogP contribution in [0.4, 0.5) is 0 Å². The molecule has 5 N–H and O–H groups in total. The number of unbranched alkanes of at least 4 members (excludes halogenated alkanes) is 2. The summed E-state index contributed by atoms with van der Waals surface area (Å²) in [7, 11) is -4.25. The average molecular weight is 211 g/mol. The van der Waals surface area contributed by atoms with E-state index in [1.54, 1.807) is 0 Å². The highest BCUT2D eigenvalue weighted by Crippen LogP contribution is 2.44. The van der Waals surface area contributed by atoms with Gasteiger partial charge in [0, 0.05) is 0 Å². The average Bonchev–Trinajstić information content (AvgIpc) is 1.94. The van der Waals surface area contributed by atoms with Crippen LogP contribution in [0, 0.1) is 0 Å². The predicted molar refractivity (Wildman–Crippen MR) is 50.2 cm³/mol. The zero-order valence-electron chi connectivity index (χ0n) is 7.76. The molecule has 0 aliphatic carbocycles. The van der Waals surface area contributed by atoms with Crippen LogP contribution in [0.2, 0.25) is 0 Å². The summed E-state index contributed by atoms with van der Waals surface area (Å²) in [6.07, 6.45) is 1.38. The lowest BCUT2D eigenvalue weighted by Gasteiger charge is -2.20. The minimum atomic E-state index is -4.25. The van der Waals surface area contributed by atoms with Crippen LogP contribution in [-0.2, 0) is 4.57 Å². The molecule has 5 nitrogen and oxygen atoms in total. The van der Waals surface area contributed by atoms with Gasteiger partial charge in [-0.1, -0.05) is 26.2 Å². The van der Waals surface area contributed by atoms with Crippen LogP contribution in [-0.4, -0.2) is 26.8 Å². The van der Waals surface area contributed by atoms with Crippen molar-refractivity contribution in [1.29, 1.82) is 0 Å². The highest BCUT2D eigenvalue weighted by molar-refractivity contribution is 7.52. The first-order valence-electron chi connectivity index (χ1n) is 4.38. The van der Waals surface area contributed by atoms with Gasteiger partial charge in [0.15, 0.2) is 0 Å². The lowest BCUT2D eigenvalue weighted by Crippen LogP contribution is -2.34. The van der Waals surface area contributed by atoms with Crippen LogP contribution in [0.15, 0.2) is 0 Å². The van der Waals surface area contributed by atoms with Crippen molar-refractivity contribution in [2.45, 2.75) is 44.5 Å².